The smallest absolute Gasteiger partial charge is 0.0423 e. The molecule has 0 atom stereocenters. The predicted octanol–water partition coefficient (Wildman–Crippen LogP) is 4.85. The summed E-state index contributed by atoms with van der Waals surface area (Å²) in [5, 5.41) is 3.56. The number of hydrogen-bond acceptors (Lipinski definition) is 1. The van der Waals surface area contributed by atoms with Crippen LogP contribution in [0.1, 0.15) is 30.4 Å². The SMILES string of the molecule is C=C1C=CCCc2c(NC3=CCCC=C3)cccc21. The Balaban J connectivity index is 1.95. The molecule has 19 heavy (non-hydrogen) atoms. The highest BCUT2D eigenvalue weighted by atomic mass is 14.9. The number of fused-ring (bicyclic) bond motifs is 1. The maximum absolute atomic E-state index is 4.16. The Kier molecular flexibility index (Phi) is 3.37. The van der Waals surface area contributed by atoms with E-state index >= 15 is 0 Å². The van der Waals surface area contributed by atoms with Crippen molar-refractivity contribution in [2.75, 3.05) is 5.32 Å². The van der Waals surface area contributed by atoms with Gasteiger partial charge < -0.3 is 5.32 Å². The molecule has 1 heteroatoms. The van der Waals surface area contributed by atoms with E-state index in [9.17, 15) is 0 Å². The molecule has 0 heterocycles. The number of anilines is 1. The highest BCUT2D eigenvalue weighted by Gasteiger charge is 2.12. The van der Waals surface area contributed by atoms with Crippen LogP contribution in [0.5, 0.6) is 0 Å². The quantitative estimate of drug-likeness (QED) is 0.790. The third-order valence-electron chi connectivity index (χ3n) is 3.68. The number of hydrogen-bond donors (Lipinski definition) is 1. The van der Waals surface area contributed by atoms with E-state index in [1.165, 1.54) is 22.5 Å². The summed E-state index contributed by atoms with van der Waals surface area (Å²) < 4.78 is 0. The van der Waals surface area contributed by atoms with Crippen LogP contribution >= 0.6 is 0 Å². The summed E-state index contributed by atoms with van der Waals surface area (Å²) in [6, 6.07) is 6.45. The Morgan fingerprint density at radius 2 is 1.89 bits per heavy atom. The summed E-state index contributed by atoms with van der Waals surface area (Å²) in [7, 11) is 0. The molecule has 0 spiro atoms. The molecule has 96 valence electrons. The van der Waals surface area contributed by atoms with Gasteiger partial charge in [-0.25, -0.2) is 0 Å². The molecule has 0 unspecified atom stereocenters. The summed E-state index contributed by atoms with van der Waals surface area (Å²) in [5.41, 5.74) is 6.21. The second kappa shape index (κ2) is 5.31. The van der Waals surface area contributed by atoms with Crippen LogP contribution in [-0.4, -0.2) is 0 Å². The summed E-state index contributed by atoms with van der Waals surface area (Å²) in [6.07, 6.45) is 15.5. The third kappa shape index (κ3) is 2.55. The van der Waals surface area contributed by atoms with Crippen molar-refractivity contribution in [1.29, 1.82) is 0 Å². The van der Waals surface area contributed by atoms with Crippen molar-refractivity contribution in [3.05, 3.63) is 72.0 Å². The van der Waals surface area contributed by atoms with E-state index in [0.29, 0.717) is 0 Å². The van der Waals surface area contributed by atoms with Gasteiger partial charge in [0.15, 0.2) is 0 Å². The van der Waals surface area contributed by atoms with Gasteiger partial charge in [-0.15, -0.1) is 0 Å². The van der Waals surface area contributed by atoms with E-state index in [1.54, 1.807) is 0 Å². The third-order valence-corrected chi connectivity index (χ3v) is 3.68. The molecule has 1 aromatic carbocycles. The largest absolute Gasteiger partial charge is 0.356 e. The van der Waals surface area contributed by atoms with Crippen molar-refractivity contribution in [2.45, 2.75) is 25.7 Å². The molecule has 2 aliphatic rings. The second-order valence-corrected chi connectivity index (χ2v) is 5.06. The highest BCUT2D eigenvalue weighted by Crippen LogP contribution is 2.30. The van der Waals surface area contributed by atoms with E-state index in [0.717, 1.165) is 31.3 Å². The summed E-state index contributed by atoms with van der Waals surface area (Å²) in [5.74, 6) is 0. The normalized spacial score (nSPS) is 17.7. The molecule has 0 aliphatic heterocycles. The first-order valence-corrected chi connectivity index (χ1v) is 6.96. The van der Waals surface area contributed by atoms with Gasteiger partial charge >= 0.3 is 0 Å². The first kappa shape index (κ1) is 12.0. The fourth-order valence-electron chi connectivity index (χ4n) is 2.68. The van der Waals surface area contributed by atoms with Crippen molar-refractivity contribution in [3.63, 3.8) is 0 Å². The Labute approximate surface area is 115 Å². The maximum atomic E-state index is 4.16. The zero-order chi connectivity index (χ0) is 13.1. The van der Waals surface area contributed by atoms with Crippen LogP contribution in [0.3, 0.4) is 0 Å². The fraction of sp³-hybridized carbons (Fsp3) is 0.222. The molecule has 2 aliphatic carbocycles. The molecule has 0 radical (unpaired) electrons. The topological polar surface area (TPSA) is 12.0 Å². The van der Waals surface area contributed by atoms with Crippen LogP contribution in [0, 0.1) is 0 Å². The summed E-state index contributed by atoms with van der Waals surface area (Å²) in [4.78, 5) is 0. The molecule has 1 aromatic rings. The van der Waals surface area contributed by atoms with Gasteiger partial charge in [0, 0.05) is 11.4 Å². The standard InChI is InChI=1S/C18H19N/c1-14-8-5-6-11-17-16(14)12-7-13-18(17)19-15-9-3-2-4-10-15/h3,5,7-10,12-13,19H,1-2,4,6,11H2. The van der Waals surface area contributed by atoms with E-state index in [1.807, 2.05) is 0 Å². The average Bonchev–Trinajstić information content (AvgIpc) is 2.63. The molecule has 0 amide bonds. The lowest BCUT2D eigenvalue weighted by atomic mass is 9.98. The molecule has 0 aromatic heterocycles. The second-order valence-electron chi connectivity index (χ2n) is 5.06. The van der Waals surface area contributed by atoms with E-state index < -0.39 is 0 Å². The summed E-state index contributed by atoms with van der Waals surface area (Å²) in [6.45, 7) is 4.16. The van der Waals surface area contributed by atoms with Gasteiger partial charge in [-0.2, -0.15) is 0 Å². The lowest BCUT2D eigenvalue weighted by Gasteiger charge is -2.17. The number of rotatable bonds is 2. The molecular formula is C18H19N. The molecule has 0 saturated heterocycles. The van der Waals surface area contributed by atoms with Gasteiger partial charge in [-0.1, -0.05) is 43.0 Å². The Morgan fingerprint density at radius 3 is 2.74 bits per heavy atom. The Morgan fingerprint density at radius 1 is 1.00 bits per heavy atom. The first-order chi connectivity index (χ1) is 9.34. The first-order valence-electron chi connectivity index (χ1n) is 6.96. The van der Waals surface area contributed by atoms with Crippen LogP contribution in [0.4, 0.5) is 5.69 Å². The van der Waals surface area contributed by atoms with Gasteiger partial charge in [0.1, 0.15) is 0 Å². The van der Waals surface area contributed by atoms with Crippen molar-refractivity contribution >= 4 is 11.3 Å². The highest BCUT2D eigenvalue weighted by molar-refractivity contribution is 5.79. The number of benzene rings is 1. The van der Waals surface area contributed by atoms with Crippen LogP contribution in [0.2, 0.25) is 0 Å². The minimum absolute atomic E-state index is 1.07. The van der Waals surface area contributed by atoms with Gasteiger partial charge in [0.2, 0.25) is 0 Å². The average molecular weight is 249 g/mol. The zero-order valence-corrected chi connectivity index (χ0v) is 11.2. The molecule has 0 fully saturated rings. The minimum atomic E-state index is 1.07. The monoisotopic (exact) mass is 249 g/mol. The Hall–Kier alpha value is -2.02. The number of nitrogens with one attached hydrogen (secondary N) is 1. The Bertz CT molecular complexity index is 588. The molecular weight excluding hydrogens is 230 g/mol. The van der Waals surface area contributed by atoms with Gasteiger partial charge in [-0.3, -0.25) is 0 Å². The lowest BCUT2D eigenvalue weighted by Crippen LogP contribution is -2.04. The fourth-order valence-corrected chi connectivity index (χ4v) is 2.68. The van der Waals surface area contributed by atoms with Crippen molar-refractivity contribution in [2.24, 2.45) is 0 Å². The predicted molar refractivity (Wildman–Crippen MR) is 83.0 cm³/mol. The number of allylic oxidation sites excluding steroid dienone is 6. The van der Waals surface area contributed by atoms with Crippen LogP contribution in [0.25, 0.3) is 5.57 Å². The maximum Gasteiger partial charge on any atom is 0.0423 e. The van der Waals surface area contributed by atoms with Crippen molar-refractivity contribution in [1.82, 2.24) is 0 Å². The summed E-state index contributed by atoms with van der Waals surface area (Å²) >= 11 is 0. The van der Waals surface area contributed by atoms with Gasteiger partial charge in [0.25, 0.3) is 0 Å². The van der Waals surface area contributed by atoms with E-state index in [-0.39, 0.29) is 0 Å². The molecule has 3 rings (SSSR count). The molecule has 0 bridgehead atoms. The van der Waals surface area contributed by atoms with Crippen LogP contribution < -0.4 is 5.32 Å². The lowest BCUT2D eigenvalue weighted by molar-refractivity contribution is 0.999. The molecule has 0 saturated carbocycles. The van der Waals surface area contributed by atoms with E-state index in [2.05, 4.69) is 60.5 Å². The zero-order valence-electron chi connectivity index (χ0n) is 11.2. The van der Waals surface area contributed by atoms with Crippen LogP contribution in [-0.2, 0) is 6.42 Å². The molecule has 1 N–H and O–H groups in total. The van der Waals surface area contributed by atoms with Crippen molar-refractivity contribution < 1.29 is 0 Å². The minimum Gasteiger partial charge on any atom is -0.356 e. The van der Waals surface area contributed by atoms with E-state index in [4.69, 9.17) is 0 Å². The van der Waals surface area contributed by atoms with Gasteiger partial charge in [0.05, 0.1) is 0 Å². The molecule has 1 nitrogen and oxygen atoms in total. The van der Waals surface area contributed by atoms with Gasteiger partial charge in [-0.05, 0) is 54.5 Å². The van der Waals surface area contributed by atoms with Crippen LogP contribution in [0.15, 0.2) is 60.9 Å². The van der Waals surface area contributed by atoms with Crippen molar-refractivity contribution in [3.8, 4) is 0 Å².